The van der Waals surface area contributed by atoms with E-state index in [1.54, 1.807) is 0 Å². The molecule has 1 rings (SSSR count). The third kappa shape index (κ3) is 1.85. The van der Waals surface area contributed by atoms with E-state index in [1.807, 2.05) is 26.8 Å². The van der Waals surface area contributed by atoms with Crippen LogP contribution in [0.25, 0.3) is 0 Å². The summed E-state index contributed by atoms with van der Waals surface area (Å²) >= 11 is 0. The van der Waals surface area contributed by atoms with Gasteiger partial charge in [0.15, 0.2) is 0 Å². The molecule has 2 unspecified atom stereocenters. The molecule has 3 nitrogen and oxygen atoms in total. The number of rotatable bonds is 3. The van der Waals surface area contributed by atoms with E-state index >= 15 is 0 Å². The Morgan fingerprint density at radius 3 is 2.67 bits per heavy atom. The van der Waals surface area contributed by atoms with Crippen LogP contribution in [0.2, 0.25) is 0 Å². The first-order chi connectivity index (χ1) is 5.65. The van der Waals surface area contributed by atoms with Crippen LogP contribution in [-0.2, 0) is 9.63 Å². The molecule has 0 aliphatic carbocycles. The second-order valence-corrected chi connectivity index (χ2v) is 3.48. The van der Waals surface area contributed by atoms with Gasteiger partial charge in [-0.3, -0.25) is 0 Å². The lowest BCUT2D eigenvalue weighted by atomic mass is 9.95. The summed E-state index contributed by atoms with van der Waals surface area (Å²) in [4.78, 5) is 15.9. The van der Waals surface area contributed by atoms with Crippen molar-refractivity contribution >= 4 is 6.29 Å². The summed E-state index contributed by atoms with van der Waals surface area (Å²) in [5, 5.41) is 0. The number of aldehydes is 1. The monoisotopic (exact) mass is 169 g/mol. The fraction of sp³-hybridized carbons (Fsp3) is 0.667. The molecule has 1 N–H and O–H groups in total. The smallest absolute Gasteiger partial charge is 0.132 e. The van der Waals surface area contributed by atoms with Crippen LogP contribution in [0.4, 0.5) is 0 Å². The molecule has 68 valence electrons. The van der Waals surface area contributed by atoms with Crippen LogP contribution in [0.3, 0.4) is 0 Å². The summed E-state index contributed by atoms with van der Waals surface area (Å²) in [5.41, 5.74) is 2.79. The Kier molecular flexibility index (Phi) is 2.87. The van der Waals surface area contributed by atoms with Crippen LogP contribution < -0.4 is 5.48 Å². The molecular weight excluding hydrogens is 154 g/mol. The number of allylic oxidation sites excluding steroid dienone is 1. The topological polar surface area (TPSA) is 38.3 Å². The molecule has 0 bridgehead atoms. The Hall–Kier alpha value is -0.830. The van der Waals surface area contributed by atoms with Gasteiger partial charge in [-0.1, -0.05) is 13.8 Å². The zero-order chi connectivity index (χ0) is 9.14. The lowest BCUT2D eigenvalue weighted by Gasteiger charge is -2.13. The summed E-state index contributed by atoms with van der Waals surface area (Å²) in [5.74, 6) is 0.941. The fourth-order valence-corrected chi connectivity index (χ4v) is 1.21. The SMILES string of the molecule is CC1C=C(C(C=O)C(C)C)ON1. The minimum Gasteiger partial charge on any atom is -0.412 e. The van der Waals surface area contributed by atoms with Gasteiger partial charge in [0.1, 0.15) is 12.0 Å². The van der Waals surface area contributed by atoms with E-state index in [-0.39, 0.29) is 12.0 Å². The molecule has 1 aliphatic heterocycles. The van der Waals surface area contributed by atoms with Gasteiger partial charge in [-0.05, 0) is 18.9 Å². The average molecular weight is 169 g/mol. The molecule has 0 radical (unpaired) electrons. The standard InChI is InChI=1S/C9H15NO2/c1-6(2)8(5-11)9-4-7(3)10-12-9/h4-8,10H,1-3H3. The lowest BCUT2D eigenvalue weighted by Crippen LogP contribution is -2.18. The summed E-state index contributed by atoms with van der Waals surface area (Å²) in [6, 6.07) is 0.209. The number of hydrogen-bond donors (Lipinski definition) is 1. The second-order valence-electron chi connectivity index (χ2n) is 3.48. The maximum atomic E-state index is 10.7. The van der Waals surface area contributed by atoms with E-state index in [1.165, 1.54) is 0 Å². The summed E-state index contributed by atoms with van der Waals surface area (Å²) in [6.45, 7) is 5.99. The number of carbonyl (C=O) groups is 1. The molecule has 0 amide bonds. The van der Waals surface area contributed by atoms with E-state index < -0.39 is 0 Å². The van der Waals surface area contributed by atoms with Crippen LogP contribution in [0, 0.1) is 11.8 Å². The molecule has 0 aromatic rings. The molecule has 0 saturated carbocycles. The quantitative estimate of drug-likeness (QED) is 0.646. The maximum absolute atomic E-state index is 10.7. The van der Waals surface area contributed by atoms with Gasteiger partial charge < -0.3 is 9.63 Å². The van der Waals surface area contributed by atoms with Gasteiger partial charge in [-0.2, -0.15) is 5.48 Å². The van der Waals surface area contributed by atoms with Crippen molar-refractivity contribution < 1.29 is 9.63 Å². The van der Waals surface area contributed by atoms with Gasteiger partial charge in [0, 0.05) is 0 Å². The van der Waals surface area contributed by atoms with Crippen molar-refractivity contribution in [2.75, 3.05) is 0 Å². The van der Waals surface area contributed by atoms with Crippen molar-refractivity contribution in [3.8, 4) is 0 Å². The second kappa shape index (κ2) is 3.72. The van der Waals surface area contributed by atoms with Gasteiger partial charge >= 0.3 is 0 Å². The van der Waals surface area contributed by atoms with Crippen LogP contribution in [0.1, 0.15) is 20.8 Å². The zero-order valence-electron chi connectivity index (χ0n) is 7.70. The van der Waals surface area contributed by atoms with Crippen molar-refractivity contribution in [2.24, 2.45) is 11.8 Å². The van der Waals surface area contributed by atoms with Crippen molar-refractivity contribution in [2.45, 2.75) is 26.8 Å². The molecule has 1 heterocycles. The minimum absolute atomic E-state index is 0.109. The van der Waals surface area contributed by atoms with Crippen molar-refractivity contribution in [1.82, 2.24) is 5.48 Å². The molecule has 12 heavy (non-hydrogen) atoms. The molecule has 0 aromatic heterocycles. The number of hydroxylamine groups is 1. The fourth-order valence-electron chi connectivity index (χ4n) is 1.21. The van der Waals surface area contributed by atoms with Crippen molar-refractivity contribution in [3.63, 3.8) is 0 Å². The largest absolute Gasteiger partial charge is 0.412 e. The third-order valence-electron chi connectivity index (χ3n) is 1.97. The Morgan fingerprint density at radius 1 is 1.67 bits per heavy atom. The molecule has 0 spiro atoms. The summed E-state index contributed by atoms with van der Waals surface area (Å²) in [7, 11) is 0. The van der Waals surface area contributed by atoms with Gasteiger partial charge in [-0.15, -0.1) is 0 Å². The average Bonchev–Trinajstić information content (AvgIpc) is 2.37. The zero-order valence-corrected chi connectivity index (χ0v) is 7.70. The van der Waals surface area contributed by atoms with E-state index in [0.717, 1.165) is 12.0 Å². The highest BCUT2D eigenvalue weighted by molar-refractivity contribution is 5.58. The van der Waals surface area contributed by atoms with Crippen molar-refractivity contribution in [3.05, 3.63) is 11.8 Å². The highest BCUT2D eigenvalue weighted by Gasteiger charge is 2.24. The summed E-state index contributed by atoms with van der Waals surface area (Å²) < 4.78 is 0. The van der Waals surface area contributed by atoms with E-state index in [0.29, 0.717) is 5.92 Å². The molecule has 1 aliphatic rings. The first-order valence-electron chi connectivity index (χ1n) is 4.24. The van der Waals surface area contributed by atoms with Crippen molar-refractivity contribution in [1.29, 1.82) is 0 Å². The predicted molar refractivity (Wildman–Crippen MR) is 46.2 cm³/mol. The highest BCUT2D eigenvalue weighted by Crippen LogP contribution is 2.22. The Bertz CT molecular complexity index is 199. The van der Waals surface area contributed by atoms with E-state index in [4.69, 9.17) is 4.84 Å². The first-order valence-corrected chi connectivity index (χ1v) is 4.24. The number of hydrogen-bond acceptors (Lipinski definition) is 3. The Balaban J connectivity index is 2.67. The molecular formula is C9H15NO2. The van der Waals surface area contributed by atoms with Gasteiger partial charge in [0.05, 0.1) is 12.0 Å². The Morgan fingerprint density at radius 2 is 2.33 bits per heavy atom. The lowest BCUT2D eigenvalue weighted by molar-refractivity contribution is -0.112. The number of carbonyl (C=O) groups excluding carboxylic acids is 1. The van der Waals surface area contributed by atoms with Crippen LogP contribution in [0.15, 0.2) is 11.8 Å². The summed E-state index contributed by atoms with van der Waals surface area (Å²) in [6.07, 6.45) is 2.88. The molecule has 0 saturated heterocycles. The highest BCUT2D eigenvalue weighted by atomic mass is 16.7. The van der Waals surface area contributed by atoms with Gasteiger partial charge in [-0.25, -0.2) is 0 Å². The normalized spacial score (nSPS) is 25.0. The van der Waals surface area contributed by atoms with Gasteiger partial charge in [0.2, 0.25) is 0 Å². The van der Waals surface area contributed by atoms with Crippen LogP contribution in [-0.4, -0.2) is 12.3 Å². The third-order valence-corrected chi connectivity index (χ3v) is 1.97. The first kappa shape index (κ1) is 9.26. The Labute approximate surface area is 72.7 Å². The minimum atomic E-state index is -0.109. The van der Waals surface area contributed by atoms with E-state index in [9.17, 15) is 4.79 Å². The maximum Gasteiger partial charge on any atom is 0.132 e. The molecule has 0 aromatic carbocycles. The molecule has 0 fully saturated rings. The van der Waals surface area contributed by atoms with Gasteiger partial charge in [0.25, 0.3) is 0 Å². The molecule has 3 heteroatoms. The number of nitrogens with one attached hydrogen (secondary N) is 1. The molecule has 2 atom stereocenters. The van der Waals surface area contributed by atoms with Crippen LogP contribution >= 0.6 is 0 Å². The van der Waals surface area contributed by atoms with Crippen LogP contribution in [0.5, 0.6) is 0 Å². The van der Waals surface area contributed by atoms with E-state index in [2.05, 4.69) is 5.48 Å². The predicted octanol–water partition coefficient (Wildman–Crippen LogP) is 1.26.